The van der Waals surface area contributed by atoms with Crippen molar-refractivity contribution in [3.63, 3.8) is 0 Å². The topological polar surface area (TPSA) is 68.8 Å². The normalized spacial score (nSPS) is 10.4. The molecule has 0 aliphatic carbocycles. The number of carbonyl (C=O) groups is 1. The summed E-state index contributed by atoms with van der Waals surface area (Å²) in [6, 6.07) is 7.00. The van der Waals surface area contributed by atoms with Gasteiger partial charge in [-0.15, -0.1) is 0 Å². The van der Waals surface area contributed by atoms with Crippen molar-refractivity contribution in [2.24, 2.45) is 0 Å². The standard InChI is InChI=1S/C16H26N2O4/c1-4-20-14-6-8-15(9-7-14)22-12-18-16(19)17-10-5-11-21-13(2)3/h6-9,13H,4-5,10-12H2,1-3H3,(H2,17,18,19). The van der Waals surface area contributed by atoms with Gasteiger partial charge in [-0.1, -0.05) is 0 Å². The van der Waals surface area contributed by atoms with Crippen molar-refractivity contribution in [3.8, 4) is 11.5 Å². The van der Waals surface area contributed by atoms with E-state index in [-0.39, 0.29) is 18.9 Å². The lowest BCUT2D eigenvalue weighted by Crippen LogP contribution is -2.38. The van der Waals surface area contributed by atoms with Crippen LogP contribution in [0.5, 0.6) is 11.5 Å². The van der Waals surface area contributed by atoms with E-state index in [1.807, 2.05) is 32.9 Å². The van der Waals surface area contributed by atoms with Crippen LogP contribution in [0.4, 0.5) is 4.79 Å². The second-order valence-corrected chi connectivity index (χ2v) is 4.90. The molecule has 0 aliphatic heterocycles. The Hall–Kier alpha value is -1.95. The summed E-state index contributed by atoms with van der Waals surface area (Å²) in [5.41, 5.74) is 0. The molecule has 0 heterocycles. The molecule has 0 aromatic heterocycles. The zero-order valence-corrected chi connectivity index (χ0v) is 13.6. The highest BCUT2D eigenvalue weighted by Crippen LogP contribution is 2.17. The van der Waals surface area contributed by atoms with Crippen molar-refractivity contribution in [1.82, 2.24) is 10.6 Å². The van der Waals surface area contributed by atoms with Crippen LogP contribution in [0.15, 0.2) is 24.3 Å². The summed E-state index contributed by atoms with van der Waals surface area (Å²) in [7, 11) is 0. The van der Waals surface area contributed by atoms with E-state index in [2.05, 4.69) is 10.6 Å². The van der Waals surface area contributed by atoms with Gasteiger partial charge in [0.2, 0.25) is 0 Å². The van der Waals surface area contributed by atoms with Gasteiger partial charge in [-0.3, -0.25) is 0 Å². The van der Waals surface area contributed by atoms with E-state index in [0.717, 1.165) is 12.2 Å². The van der Waals surface area contributed by atoms with E-state index in [0.29, 0.717) is 25.5 Å². The Morgan fingerprint density at radius 2 is 1.73 bits per heavy atom. The van der Waals surface area contributed by atoms with Crippen LogP contribution in [0.1, 0.15) is 27.2 Å². The molecule has 124 valence electrons. The first-order valence-corrected chi connectivity index (χ1v) is 7.60. The molecule has 0 unspecified atom stereocenters. The Bertz CT molecular complexity index is 421. The summed E-state index contributed by atoms with van der Waals surface area (Å²) in [6.07, 6.45) is 1.00. The Labute approximate surface area is 132 Å². The van der Waals surface area contributed by atoms with Gasteiger partial charge in [0.25, 0.3) is 0 Å². The van der Waals surface area contributed by atoms with Crippen LogP contribution >= 0.6 is 0 Å². The predicted molar refractivity (Wildman–Crippen MR) is 85.3 cm³/mol. The SMILES string of the molecule is CCOc1ccc(OCNC(=O)NCCCOC(C)C)cc1. The molecule has 0 spiro atoms. The molecule has 0 saturated heterocycles. The molecule has 0 bridgehead atoms. The maximum atomic E-state index is 11.5. The largest absolute Gasteiger partial charge is 0.494 e. The van der Waals surface area contributed by atoms with Crippen LogP contribution in [-0.2, 0) is 4.74 Å². The van der Waals surface area contributed by atoms with Gasteiger partial charge in [-0.25, -0.2) is 4.79 Å². The molecule has 0 fully saturated rings. The minimum Gasteiger partial charge on any atom is -0.494 e. The smallest absolute Gasteiger partial charge is 0.317 e. The highest BCUT2D eigenvalue weighted by Gasteiger charge is 2.00. The van der Waals surface area contributed by atoms with E-state index < -0.39 is 0 Å². The van der Waals surface area contributed by atoms with Crippen LogP contribution in [0.3, 0.4) is 0 Å². The third-order valence-corrected chi connectivity index (χ3v) is 2.66. The molecular formula is C16H26N2O4. The molecular weight excluding hydrogens is 284 g/mol. The van der Waals surface area contributed by atoms with Crippen LogP contribution in [-0.4, -0.2) is 38.6 Å². The highest BCUT2D eigenvalue weighted by molar-refractivity contribution is 5.73. The first kappa shape index (κ1) is 18.1. The quantitative estimate of drug-likeness (QED) is 0.515. The first-order valence-electron chi connectivity index (χ1n) is 7.60. The maximum Gasteiger partial charge on any atom is 0.317 e. The van der Waals surface area contributed by atoms with Crippen LogP contribution in [0.2, 0.25) is 0 Å². The minimum absolute atomic E-state index is 0.113. The molecule has 1 rings (SSSR count). The van der Waals surface area contributed by atoms with Crippen LogP contribution in [0.25, 0.3) is 0 Å². The van der Waals surface area contributed by atoms with Gasteiger partial charge >= 0.3 is 6.03 Å². The lowest BCUT2D eigenvalue weighted by Gasteiger charge is -2.10. The van der Waals surface area contributed by atoms with Gasteiger partial charge in [0.1, 0.15) is 11.5 Å². The number of urea groups is 1. The molecule has 0 atom stereocenters. The molecule has 2 N–H and O–H groups in total. The summed E-state index contributed by atoms with van der Waals surface area (Å²) >= 11 is 0. The van der Waals surface area contributed by atoms with Crippen molar-refractivity contribution >= 4 is 6.03 Å². The van der Waals surface area contributed by atoms with E-state index in [9.17, 15) is 4.79 Å². The second kappa shape index (κ2) is 10.7. The average Bonchev–Trinajstić information content (AvgIpc) is 2.49. The lowest BCUT2D eigenvalue weighted by molar-refractivity contribution is 0.0774. The number of nitrogens with one attached hydrogen (secondary N) is 2. The molecule has 6 nitrogen and oxygen atoms in total. The van der Waals surface area contributed by atoms with Crippen LogP contribution in [0, 0.1) is 0 Å². The molecule has 0 radical (unpaired) electrons. The van der Waals surface area contributed by atoms with Gasteiger partial charge in [0.15, 0.2) is 6.73 Å². The fourth-order valence-electron chi connectivity index (χ4n) is 1.64. The molecule has 1 aromatic carbocycles. The van der Waals surface area contributed by atoms with E-state index >= 15 is 0 Å². The lowest BCUT2D eigenvalue weighted by atomic mass is 10.3. The van der Waals surface area contributed by atoms with Crippen molar-refractivity contribution in [2.75, 3.05) is 26.5 Å². The van der Waals surface area contributed by atoms with Gasteiger partial charge in [-0.2, -0.15) is 0 Å². The van der Waals surface area contributed by atoms with Crippen molar-refractivity contribution in [3.05, 3.63) is 24.3 Å². The molecule has 0 aliphatic rings. The maximum absolute atomic E-state index is 11.5. The molecule has 1 aromatic rings. The zero-order chi connectivity index (χ0) is 16.2. The summed E-state index contributed by atoms with van der Waals surface area (Å²) in [5, 5.41) is 5.36. The molecule has 0 saturated carbocycles. The minimum atomic E-state index is -0.254. The van der Waals surface area contributed by atoms with E-state index in [1.54, 1.807) is 12.1 Å². The number of ether oxygens (including phenoxy) is 3. The fourth-order valence-corrected chi connectivity index (χ4v) is 1.64. The third-order valence-electron chi connectivity index (χ3n) is 2.66. The molecule has 6 heteroatoms. The number of amides is 2. The first-order chi connectivity index (χ1) is 10.6. The average molecular weight is 310 g/mol. The Kier molecular flexibility index (Phi) is 8.83. The van der Waals surface area contributed by atoms with E-state index in [4.69, 9.17) is 14.2 Å². The van der Waals surface area contributed by atoms with Gasteiger partial charge in [-0.05, 0) is 51.5 Å². The monoisotopic (exact) mass is 310 g/mol. The zero-order valence-electron chi connectivity index (χ0n) is 13.6. The fraction of sp³-hybridized carbons (Fsp3) is 0.562. The van der Waals surface area contributed by atoms with Crippen LogP contribution < -0.4 is 20.1 Å². The van der Waals surface area contributed by atoms with Gasteiger partial charge < -0.3 is 24.8 Å². The number of rotatable bonds is 10. The number of hydrogen-bond acceptors (Lipinski definition) is 4. The second-order valence-electron chi connectivity index (χ2n) is 4.90. The summed E-state index contributed by atoms with van der Waals surface area (Å²) in [5.74, 6) is 1.47. The molecule has 2 amide bonds. The summed E-state index contributed by atoms with van der Waals surface area (Å²) in [6.45, 7) is 7.85. The Morgan fingerprint density at radius 1 is 1.09 bits per heavy atom. The number of hydrogen-bond donors (Lipinski definition) is 2. The number of benzene rings is 1. The summed E-state index contributed by atoms with van der Waals surface area (Å²) in [4.78, 5) is 11.5. The number of carbonyl (C=O) groups excluding carboxylic acids is 1. The van der Waals surface area contributed by atoms with Gasteiger partial charge in [0.05, 0.1) is 12.7 Å². The third kappa shape index (κ3) is 8.36. The summed E-state index contributed by atoms with van der Waals surface area (Å²) < 4.78 is 16.1. The van der Waals surface area contributed by atoms with Crippen molar-refractivity contribution in [2.45, 2.75) is 33.3 Å². The highest BCUT2D eigenvalue weighted by atomic mass is 16.5. The van der Waals surface area contributed by atoms with Crippen molar-refractivity contribution < 1.29 is 19.0 Å². The Morgan fingerprint density at radius 3 is 2.32 bits per heavy atom. The van der Waals surface area contributed by atoms with Crippen molar-refractivity contribution in [1.29, 1.82) is 0 Å². The predicted octanol–water partition coefficient (Wildman–Crippen LogP) is 2.54. The van der Waals surface area contributed by atoms with E-state index in [1.165, 1.54) is 0 Å². The Balaban J connectivity index is 2.09. The van der Waals surface area contributed by atoms with Gasteiger partial charge in [0, 0.05) is 13.2 Å². The molecule has 22 heavy (non-hydrogen) atoms.